The molecule has 0 aliphatic carbocycles. The molecule has 0 amide bonds. The molecule has 3 rings (SSSR count). The van der Waals surface area contributed by atoms with E-state index in [4.69, 9.17) is 0 Å². The zero-order valence-corrected chi connectivity index (χ0v) is 13.4. The molecule has 1 aromatic rings. The quantitative estimate of drug-likeness (QED) is 0.841. The second-order valence-corrected chi connectivity index (χ2v) is 7.19. The van der Waals surface area contributed by atoms with E-state index >= 15 is 0 Å². The van der Waals surface area contributed by atoms with Crippen LogP contribution >= 0.6 is 11.3 Å². The molecule has 2 aliphatic rings. The molecule has 0 bridgehead atoms. The predicted octanol–water partition coefficient (Wildman–Crippen LogP) is 2.32. The van der Waals surface area contributed by atoms with Crippen LogP contribution in [0.25, 0.3) is 0 Å². The number of nitrogens with zero attached hydrogens (tertiary/aromatic N) is 2. The molecule has 1 N–H and O–H groups in total. The minimum Gasteiger partial charge on any atom is -0.311 e. The summed E-state index contributed by atoms with van der Waals surface area (Å²) in [7, 11) is 0. The van der Waals surface area contributed by atoms with E-state index in [1.807, 2.05) is 11.3 Å². The molecular formula is C16H27N3S. The molecule has 3 nitrogen and oxygen atoms in total. The molecule has 1 atom stereocenters. The molecule has 3 heterocycles. The van der Waals surface area contributed by atoms with Crippen LogP contribution in [0.3, 0.4) is 0 Å². The fourth-order valence-electron chi connectivity index (χ4n) is 3.45. The first kappa shape index (κ1) is 14.5. The first-order valence-electron chi connectivity index (χ1n) is 8.03. The van der Waals surface area contributed by atoms with Gasteiger partial charge in [-0.1, -0.05) is 6.42 Å². The number of hydrogen-bond donors (Lipinski definition) is 1. The molecule has 2 aliphatic heterocycles. The minimum absolute atomic E-state index is 0.844. The molecule has 0 spiro atoms. The van der Waals surface area contributed by atoms with E-state index in [0.29, 0.717) is 0 Å². The molecule has 2 saturated heterocycles. The van der Waals surface area contributed by atoms with Crippen molar-refractivity contribution in [3.63, 3.8) is 0 Å². The van der Waals surface area contributed by atoms with Crippen LogP contribution in [0, 0.1) is 6.92 Å². The number of fused-ring (bicyclic) bond motifs is 1. The normalized spacial score (nSPS) is 24.8. The maximum absolute atomic E-state index is 3.60. The number of thiophene rings is 1. The van der Waals surface area contributed by atoms with Gasteiger partial charge in [-0.2, -0.15) is 0 Å². The lowest BCUT2D eigenvalue weighted by molar-refractivity contribution is 0.0500. The summed E-state index contributed by atoms with van der Waals surface area (Å²) < 4.78 is 0. The highest BCUT2D eigenvalue weighted by atomic mass is 32.1. The number of piperidine rings is 1. The van der Waals surface area contributed by atoms with Gasteiger partial charge in [0.25, 0.3) is 0 Å². The zero-order valence-electron chi connectivity index (χ0n) is 12.6. The Labute approximate surface area is 127 Å². The van der Waals surface area contributed by atoms with Crippen molar-refractivity contribution in [3.8, 4) is 0 Å². The van der Waals surface area contributed by atoms with Gasteiger partial charge >= 0.3 is 0 Å². The minimum atomic E-state index is 0.844. The Bertz CT molecular complexity index is 418. The number of rotatable bonds is 5. The van der Waals surface area contributed by atoms with Crippen LogP contribution in [-0.4, -0.2) is 55.1 Å². The lowest BCUT2D eigenvalue weighted by atomic mass is 9.99. The predicted molar refractivity (Wildman–Crippen MR) is 86.4 cm³/mol. The standard InChI is InChI=1S/C16H27N3S/c1-14-5-11-20-16(14)12-17-6-8-18-9-10-19-7-3-2-4-15(19)13-18/h5,11,15,17H,2-4,6-10,12-13H2,1H3. The molecule has 0 radical (unpaired) electrons. The molecule has 4 heteroatoms. The van der Waals surface area contributed by atoms with Crippen LogP contribution in [-0.2, 0) is 6.54 Å². The van der Waals surface area contributed by atoms with Crippen LogP contribution in [0.4, 0.5) is 0 Å². The summed E-state index contributed by atoms with van der Waals surface area (Å²) in [5.74, 6) is 0. The lowest BCUT2D eigenvalue weighted by Crippen LogP contribution is -2.55. The van der Waals surface area contributed by atoms with Gasteiger partial charge in [0.2, 0.25) is 0 Å². The molecule has 1 unspecified atom stereocenters. The van der Waals surface area contributed by atoms with Crippen molar-refractivity contribution in [3.05, 3.63) is 21.9 Å². The van der Waals surface area contributed by atoms with E-state index in [9.17, 15) is 0 Å². The maximum Gasteiger partial charge on any atom is 0.0302 e. The summed E-state index contributed by atoms with van der Waals surface area (Å²) in [6.45, 7) is 10.7. The summed E-state index contributed by atoms with van der Waals surface area (Å²) in [4.78, 5) is 6.85. The molecule has 1 aromatic heterocycles. The smallest absolute Gasteiger partial charge is 0.0302 e. The van der Waals surface area contributed by atoms with Crippen LogP contribution in [0.2, 0.25) is 0 Å². The summed E-state index contributed by atoms with van der Waals surface area (Å²) in [5.41, 5.74) is 1.43. The van der Waals surface area contributed by atoms with Gasteiger partial charge in [0.1, 0.15) is 0 Å². The zero-order chi connectivity index (χ0) is 13.8. The Balaban J connectivity index is 1.36. The molecule has 0 aromatic carbocycles. The Hall–Kier alpha value is -0.420. The van der Waals surface area contributed by atoms with Crippen LogP contribution in [0.1, 0.15) is 29.7 Å². The van der Waals surface area contributed by atoms with Gasteiger partial charge < -0.3 is 5.32 Å². The molecule has 2 fully saturated rings. The van der Waals surface area contributed by atoms with Crippen molar-refractivity contribution in [2.24, 2.45) is 0 Å². The number of nitrogens with one attached hydrogen (secondary N) is 1. The Morgan fingerprint density at radius 2 is 2.25 bits per heavy atom. The van der Waals surface area contributed by atoms with E-state index in [-0.39, 0.29) is 0 Å². The van der Waals surface area contributed by atoms with Crippen LogP contribution < -0.4 is 5.32 Å². The van der Waals surface area contributed by atoms with Crippen molar-refractivity contribution in [2.45, 2.75) is 38.8 Å². The average Bonchev–Trinajstić information content (AvgIpc) is 2.89. The highest BCUT2D eigenvalue weighted by Gasteiger charge is 2.28. The average molecular weight is 293 g/mol. The van der Waals surface area contributed by atoms with Crippen molar-refractivity contribution >= 4 is 11.3 Å². The molecule has 112 valence electrons. The third kappa shape index (κ3) is 3.61. The van der Waals surface area contributed by atoms with E-state index in [0.717, 1.165) is 19.1 Å². The van der Waals surface area contributed by atoms with E-state index in [1.165, 1.54) is 62.4 Å². The third-order valence-corrected chi connectivity index (χ3v) is 5.80. The SMILES string of the molecule is Cc1ccsc1CNCCN1CCN2CCCCC2C1. The largest absolute Gasteiger partial charge is 0.311 e. The second-order valence-electron chi connectivity index (χ2n) is 6.19. The van der Waals surface area contributed by atoms with Gasteiger partial charge in [0.15, 0.2) is 0 Å². The maximum atomic E-state index is 3.60. The van der Waals surface area contributed by atoms with Crippen molar-refractivity contribution in [2.75, 3.05) is 39.3 Å². The van der Waals surface area contributed by atoms with Crippen molar-refractivity contribution in [1.82, 2.24) is 15.1 Å². The highest BCUT2D eigenvalue weighted by molar-refractivity contribution is 7.10. The summed E-state index contributed by atoms with van der Waals surface area (Å²) in [5, 5.41) is 5.79. The van der Waals surface area contributed by atoms with Gasteiger partial charge in [-0.05, 0) is 43.3 Å². The highest BCUT2D eigenvalue weighted by Crippen LogP contribution is 2.20. The molecule has 0 saturated carbocycles. The Morgan fingerprint density at radius 1 is 1.30 bits per heavy atom. The van der Waals surface area contributed by atoms with E-state index in [1.54, 1.807) is 0 Å². The Kier molecular flexibility index (Phi) is 5.10. The van der Waals surface area contributed by atoms with Gasteiger partial charge in [-0.15, -0.1) is 11.3 Å². The van der Waals surface area contributed by atoms with Gasteiger partial charge in [-0.25, -0.2) is 0 Å². The van der Waals surface area contributed by atoms with Crippen LogP contribution in [0.15, 0.2) is 11.4 Å². The molecule has 20 heavy (non-hydrogen) atoms. The lowest BCUT2D eigenvalue weighted by Gasteiger charge is -2.44. The van der Waals surface area contributed by atoms with Gasteiger partial charge in [-0.3, -0.25) is 9.80 Å². The van der Waals surface area contributed by atoms with Gasteiger partial charge in [0, 0.05) is 50.2 Å². The number of piperazine rings is 1. The fraction of sp³-hybridized carbons (Fsp3) is 0.750. The molecular weight excluding hydrogens is 266 g/mol. The summed E-state index contributed by atoms with van der Waals surface area (Å²) in [6.07, 6.45) is 4.27. The van der Waals surface area contributed by atoms with Crippen molar-refractivity contribution in [1.29, 1.82) is 0 Å². The second kappa shape index (κ2) is 7.03. The third-order valence-electron chi connectivity index (χ3n) is 4.78. The number of aryl methyl sites for hydroxylation is 1. The first-order valence-corrected chi connectivity index (χ1v) is 8.91. The van der Waals surface area contributed by atoms with Crippen LogP contribution in [0.5, 0.6) is 0 Å². The van der Waals surface area contributed by atoms with Crippen molar-refractivity contribution < 1.29 is 0 Å². The monoisotopic (exact) mass is 293 g/mol. The van der Waals surface area contributed by atoms with Gasteiger partial charge in [0.05, 0.1) is 0 Å². The first-order chi connectivity index (χ1) is 9.83. The Morgan fingerprint density at radius 3 is 3.10 bits per heavy atom. The number of hydrogen-bond acceptors (Lipinski definition) is 4. The van der Waals surface area contributed by atoms with E-state index in [2.05, 4.69) is 33.5 Å². The summed E-state index contributed by atoms with van der Waals surface area (Å²) in [6, 6.07) is 3.06. The topological polar surface area (TPSA) is 18.5 Å². The fourth-order valence-corrected chi connectivity index (χ4v) is 4.32. The summed E-state index contributed by atoms with van der Waals surface area (Å²) >= 11 is 1.87. The van der Waals surface area contributed by atoms with E-state index < -0.39 is 0 Å².